The zero-order valence-electron chi connectivity index (χ0n) is 13.5. The molecule has 1 heterocycles. The highest BCUT2D eigenvalue weighted by Crippen LogP contribution is 2.38. The molecule has 122 valence electrons. The average Bonchev–Trinajstić information content (AvgIpc) is 2.82. The van der Waals surface area contributed by atoms with E-state index in [1.54, 1.807) is 24.0 Å². The lowest BCUT2D eigenvalue weighted by atomic mass is 10.0. The van der Waals surface area contributed by atoms with E-state index in [0.29, 0.717) is 6.42 Å². The Morgan fingerprint density at radius 3 is 2.41 bits per heavy atom. The third kappa shape index (κ3) is 3.77. The minimum absolute atomic E-state index is 0.199. The molecule has 1 N–H and O–H groups in total. The number of halogens is 1. The molecule has 0 radical (unpaired) electrons. The Hall–Kier alpha value is -1.62. The standard InChI is InChI=1S/C17H24FNO3/c1-11(20)14-9-10-15(12-5-7-13(18)8-6-12)19(14)16(21)22-17(2,3)4/h5-8,11,14-15,20H,9-10H2,1-4H3/t11-,14-,15+/m1/s1. The minimum atomic E-state index is -0.641. The summed E-state index contributed by atoms with van der Waals surface area (Å²) in [5, 5.41) is 9.97. The molecule has 3 atom stereocenters. The Balaban J connectivity index is 2.28. The monoisotopic (exact) mass is 309 g/mol. The average molecular weight is 309 g/mol. The van der Waals surface area contributed by atoms with Crippen molar-refractivity contribution in [1.82, 2.24) is 4.90 Å². The molecule has 0 aliphatic carbocycles. The molecule has 0 bridgehead atoms. The summed E-state index contributed by atoms with van der Waals surface area (Å²) in [7, 11) is 0. The van der Waals surface area contributed by atoms with E-state index >= 15 is 0 Å². The van der Waals surface area contributed by atoms with Crippen molar-refractivity contribution < 1.29 is 19.0 Å². The Kier molecular flexibility index (Phi) is 4.75. The van der Waals surface area contributed by atoms with Crippen molar-refractivity contribution in [2.24, 2.45) is 0 Å². The zero-order valence-corrected chi connectivity index (χ0v) is 13.5. The lowest BCUT2D eigenvalue weighted by molar-refractivity contribution is -0.00164. The quantitative estimate of drug-likeness (QED) is 0.907. The molecule has 1 aliphatic heterocycles. The second kappa shape index (κ2) is 6.24. The van der Waals surface area contributed by atoms with Crippen LogP contribution in [0.25, 0.3) is 0 Å². The predicted octanol–water partition coefficient (Wildman–Crippen LogP) is 3.65. The van der Waals surface area contributed by atoms with Crippen LogP contribution in [-0.4, -0.2) is 33.8 Å². The van der Waals surface area contributed by atoms with Gasteiger partial charge in [0.15, 0.2) is 0 Å². The number of aliphatic hydroxyl groups excluding tert-OH is 1. The normalized spacial score (nSPS) is 23.5. The van der Waals surface area contributed by atoms with Gasteiger partial charge in [0.05, 0.1) is 18.2 Å². The summed E-state index contributed by atoms with van der Waals surface area (Å²) in [6, 6.07) is 5.65. The summed E-state index contributed by atoms with van der Waals surface area (Å²) in [5.74, 6) is -0.308. The maximum atomic E-state index is 13.1. The van der Waals surface area contributed by atoms with E-state index in [2.05, 4.69) is 0 Å². The van der Waals surface area contributed by atoms with Crippen molar-refractivity contribution >= 4 is 6.09 Å². The SMILES string of the molecule is C[C@@H](O)[C@H]1CC[C@@H](c2ccc(F)cc2)N1C(=O)OC(C)(C)C. The zero-order chi connectivity index (χ0) is 16.5. The first-order chi connectivity index (χ1) is 10.2. The van der Waals surface area contributed by atoms with Crippen LogP contribution in [0.3, 0.4) is 0 Å². The van der Waals surface area contributed by atoms with Crippen molar-refractivity contribution in [3.05, 3.63) is 35.6 Å². The molecule has 5 heteroatoms. The summed E-state index contributed by atoms with van der Waals surface area (Å²) in [6.45, 7) is 7.11. The predicted molar refractivity (Wildman–Crippen MR) is 81.9 cm³/mol. The number of amides is 1. The van der Waals surface area contributed by atoms with Crippen LogP contribution in [0.5, 0.6) is 0 Å². The van der Waals surface area contributed by atoms with Gasteiger partial charge < -0.3 is 9.84 Å². The molecule has 1 aliphatic rings. The highest BCUT2D eigenvalue weighted by Gasteiger charge is 2.41. The van der Waals surface area contributed by atoms with E-state index in [-0.39, 0.29) is 17.9 Å². The van der Waals surface area contributed by atoms with Gasteiger partial charge in [0.25, 0.3) is 0 Å². The fourth-order valence-corrected chi connectivity index (χ4v) is 2.90. The fraction of sp³-hybridized carbons (Fsp3) is 0.588. The van der Waals surface area contributed by atoms with Gasteiger partial charge in [-0.15, -0.1) is 0 Å². The largest absolute Gasteiger partial charge is 0.444 e. The molecular weight excluding hydrogens is 285 g/mol. The summed E-state index contributed by atoms with van der Waals surface area (Å²) in [4.78, 5) is 14.1. The van der Waals surface area contributed by atoms with Crippen molar-refractivity contribution in [1.29, 1.82) is 0 Å². The molecule has 0 spiro atoms. The van der Waals surface area contributed by atoms with Crippen LogP contribution in [0.2, 0.25) is 0 Å². The topological polar surface area (TPSA) is 49.8 Å². The van der Waals surface area contributed by atoms with Gasteiger partial charge in [0.1, 0.15) is 11.4 Å². The third-order valence-electron chi connectivity index (χ3n) is 3.84. The van der Waals surface area contributed by atoms with E-state index in [9.17, 15) is 14.3 Å². The summed E-state index contributed by atoms with van der Waals surface area (Å²) >= 11 is 0. The van der Waals surface area contributed by atoms with E-state index in [4.69, 9.17) is 4.74 Å². The Morgan fingerprint density at radius 2 is 1.91 bits per heavy atom. The van der Waals surface area contributed by atoms with E-state index < -0.39 is 17.8 Å². The highest BCUT2D eigenvalue weighted by atomic mass is 19.1. The molecule has 4 nitrogen and oxygen atoms in total. The van der Waals surface area contributed by atoms with Gasteiger partial charge >= 0.3 is 6.09 Å². The van der Waals surface area contributed by atoms with Gasteiger partial charge in [0.2, 0.25) is 0 Å². The molecule has 0 aromatic heterocycles. The van der Waals surface area contributed by atoms with Crippen molar-refractivity contribution in [3.63, 3.8) is 0 Å². The van der Waals surface area contributed by atoms with Crippen LogP contribution in [-0.2, 0) is 4.74 Å². The lowest BCUT2D eigenvalue weighted by Crippen LogP contribution is -2.45. The van der Waals surface area contributed by atoms with Crippen LogP contribution in [0.15, 0.2) is 24.3 Å². The second-order valence-electron chi connectivity index (χ2n) is 6.84. The molecule has 0 unspecified atom stereocenters. The molecule has 0 saturated carbocycles. The van der Waals surface area contributed by atoms with E-state index in [0.717, 1.165) is 12.0 Å². The lowest BCUT2D eigenvalue weighted by Gasteiger charge is -2.34. The number of rotatable bonds is 2. The number of carbonyl (C=O) groups excluding carboxylic acids is 1. The molecule has 1 aromatic carbocycles. The van der Waals surface area contributed by atoms with Crippen LogP contribution >= 0.6 is 0 Å². The van der Waals surface area contributed by atoms with E-state index in [1.807, 2.05) is 20.8 Å². The van der Waals surface area contributed by atoms with Gasteiger partial charge in [-0.25, -0.2) is 9.18 Å². The Labute approximate surface area is 130 Å². The van der Waals surface area contributed by atoms with Crippen LogP contribution in [0, 0.1) is 5.82 Å². The molecule has 1 amide bonds. The summed E-state index contributed by atoms with van der Waals surface area (Å²) < 4.78 is 18.6. The maximum absolute atomic E-state index is 13.1. The number of carbonyl (C=O) groups is 1. The first-order valence-corrected chi connectivity index (χ1v) is 7.64. The fourth-order valence-electron chi connectivity index (χ4n) is 2.90. The van der Waals surface area contributed by atoms with Crippen LogP contribution < -0.4 is 0 Å². The van der Waals surface area contributed by atoms with Crippen molar-refractivity contribution in [3.8, 4) is 0 Å². The van der Waals surface area contributed by atoms with Crippen LogP contribution in [0.1, 0.15) is 52.1 Å². The highest BCUT2D eigenvalue weighted by molar-refractivity contribution is 5.70. The van der Waals surface area contributed by atoms with Gasteiger partial charge in [-0.05, 0) is 58.2 Å². The molecule has 1 saturated heterocycles. The number of benzene rings is 1. The van der Waals surface area contributed by atoms with Gasteiger partial charge in [-0.1, -0.05) is 12.1 Å². The second-order valence-corrected chi connectivity index (χ2v) is 6.84. The minimum Gasteiger partial charge on any atom is -0.444 e. The number of hydrogen-bond donors (Lipinski definition) is 1. The van der Waals surface area contributed by atoms with E-state index in [1.165, 1.54) is 12.1 Å². The Morgan fingerprint density at radius 1 is 1.32 bits per heavy atom. The van der Waals surface area contributed by atoms with Crippen molar-refractivity contribution in [2.75, 3.05) is 0 Å². The Bertz CT molecular complexity index is 522. The smallest absolute Gasteiger partial charge is 0.411 e. The summed E-state index contributed by atoms with van der Waals surface area (Å²) in [6.07, 6.45) is 0.336. The molecule has 1 fully saturated rings. The third-order valence-corrected chi connectivity index (χ3v) is 3.84. The number of ether oxygens (including phenoxy) is 1. The number of aliphatic hydroxyl groups is 1. The summed E-state index contributed by atoms with van der Waals surface area (Å²) in [5.41, 5.74) is 0.256. The van der Waals surface area contributed by atoms with Gasteiger partial charge in [-0.2, -0.15) is 0 Å². The number of hydrogen-bond acceptors (Lipinski definition) is 3. The van der Waals surface area contributed by atoms with Gasteiger partial charge in [0, 0.05) is 0 Å². The molecule has 2 rings (SSSR count). The number of nitrogens with zero attached hydrogens (tertiary/aromatic N) is 1. The maximum Gasteiger partial charge on any atom is 0.411 e. The van der Waals surface area contributed by atoms with Crippen LogP contribution in [0.4, 0.5) is 9.18 Å². The van der Waals surface area contributed by atoms with Crippen molar-refractivity contribution in [2.45, 2.75) is 64.3 Å². The first kappa shape index (κ1) is 16.7. The first-order valence-electron chi connectivity index (χ1n) is 7.64. The number of likely N-dealkylation sites (tertiary alicyclic amines) is 1. The molecular formula is C17H24FNO3. The van der Waals surface area contributed by atoms with Gasteiger partial charge in [-0.3, -0.25) is 4.90 Å². The molecule has 22 heavy (non-hydrogen) atoms. The molecule has 1 aromatic rings.